The Morgan fingerprint density at radius 3 is 2.70 bits per heavy atom. The number of hydrogen-bond acceptors (Lipinski definition) is 4. The molecule has 4 nitrogen and oxygen atoms in total. The molecule has 2 N–H and O–H groups in total. The van der Waals surface area contributed by atoms with Crippen molar-refractivity contribution in [1.82, 2.24) is 4.90 Å². The first-order chi connectivity index (χ1) is 9.58. The molecule has 1 aromatic heterocycles. The fourth-order valence-corrected chi connectivity index (χ4v) is 5.15. The predicted octanol–water partition coefficient (Wildman–Crippen LogP) is 2.45. The van der Waals surface area contributed by atoms with E-state index in [-0.39, 0.29) is 5.91 Å². The van der Waals surface area contributed by atoms with Gasteiger partial charge >= 0.3 is 0 Å². The van der Waals surface area contributed by atoms with E-state index in [0.29, 0.717) is 35.2 Å². The van der Waals surface area contributed by atoms with Gasteiger partial charge in [-0.3, -0.25) is 9.00 Å². The summed E-state index contributed by atoms with van der Waals surface area (Å²) in [4.78, 5) is 14.9. The number of nitrogen functional groups attached to an aromatic ring is 1. The number of fused-ring (bicyclic) bond motifs is 1. The Morgan fingerprint density at radius 2 is 2.05 bits per heavy atom. The van der Waals surface area contributed by atoms with E-state index in [1.807, 2.05) is 18.2 Å². The third-order valence-corrected chi connectivity index (χ3v) is 6.46. The topological polar surface area (TPSA) is 63.4 Å². The lowest BCUT2D eigenvalue weighted by atomic mass is 10.2. The third-order valence-electron chi connectivity index (χ3n) is 3.36. The van der Waals surface area contributed by atoms with Gasteiger partial charge in [0.15, 0.2) is 0 Å². The van der Waals surface area contributed by atoms with Gasteiger partial charge in [0.25, 0.3) is 5.91 Å². The summed E-state index contributed by atoms with van der Waals surface area (Å²) in [5.74, 6) is 1.06. The summed E-state index contributed by atoms with van der Waals surface area (Å²) in [6, 6.07) is 5.81. The molecule has 1 amide bonds. The fraction of sp³-hybridized carbons (Fsp3) is 0.308. The molecule has 1 aromatic carbocycles. The van der Waals surface area contributed by atoms with Gasteiger partial charge in [-0.25, -0.2) is 0 Å². The number of thiophene rings is 1. The van der Waals surface area contributed by atoms with E-state index in [4.69, 9.17) is 5.73 Å². The lowest BCUT2D eigenvalue weighted by molar-refractivity contribution is 0.0777. The second-order valence-electron chi connectivity index (χ2n) is 4.60. The average Bonchev–Trinajstić information content (AvgIpc) is 2.77. The zero-order valence-electron chi connectivity index (χ0n) is 10.6. The molecule has 0 atom stereocenters. The van der Waals surface area contributed by atoms with Crippen molar-refractivity contribution in [1.29, 1.82) is 0 Å². The van der Waals surface area contributed by atoms with Gasteiger partial charge in [-0.05, 0) is 12.1 Å². The molecule has 106 valence electrons. The van der Waals surface area contributed by atoms with Crippen LogP contribution >= 0.6 is 27.3 Å². The number of nitrogens with zero attached hydrogens (tertiary/aromatic N) is 1. The highest BCUT2D eigenvalue weighted by molar-refractivity contribution is 9.10. The highest BCUT2D eigenvalue weighted by atomic mass is 79.9. The molecule has 1 fully saturated rings. The fourth-order valence-electron chi connectivity index (χ4n) is 2.27. The molecule has 2 aromatic rings. The molecule has 0 unspecified atom stereocenters. The van der Waals surface area contributed by atoms with E-state index in [9.17, 15) is 9.00 Å². The second-order valence-corrected chi connectivity index (χ2v) is 8.20. The molecule has 1 saturated heterocycles. The number of carbonyl (C=O) groups is 1. The number of nitrogens with two attached hydrogens (primary N) is 1. The second kappa shape index (κ2) is 5.46. The van der Waals surface area contributed by atoms with Gasteiger partial charge in [-0.2, -0.15) is 0 Å². The van der Waals surface area contributed by atoms with Crippen molar-refractivity contribution in [2.75, 3.05) is 30.3 Å². The van der Waals surface area contributed by atoms with E-state index in [1.165, 1.54) is 11.3 Å². The molecule has 20 heavy (non-hydrogen) atoms. The quantitative estimate of drug-likeness (QED) is 0.835. The minimum atomic E-state index is -0.787. The predicted molar refractivity (Wildman–Crippen MR) is 87.7 cm³/mol. The van der Waals surface area contributed by atoms with Crippen LogP contribution < -0.4 is 5.73 Å². The zero-order valence-corrected chi connectivity index (χ0v) is 13.8. The van der Waals surface area contributed by atoms with Gasteiger partial charge in [0.05, 0.1) is 5.69 Å². The Bertz CT molecular complexity index is 704. The number of carbonyl (C=O) groups excluding carboxylic acids is 1. The van der Waals surface area contributed by atoms with Crippen LogP contribution in [-0.2, 0) is 10.8 Å². The molecule has 0 aliphatic carbocycles. The Balaban J connectivity index is 1.98. The molecule has 3 rings (SSSR count). The Hall–Kier alpha value is -0.920. The first kappa shape index (κ1) is 14.0. The van der Waals surface area contributed by atoms with Gasteiger partial charge in [0.2, 0.25) is 0 Å². The molecule has 0 spiro atoms. The Labute approximate surface area is 131 Å². The number of rotatable bonds is 1. The van der Waals surface area contributed by atoms with Crippen LogP contribution in [0.5, 0.6) is 0 Å². The molecule has 0 bridgehead atoms. The largest absolute Gasteiger partial charge is 0.397 e. The van der Waals surface area contributed by atoms with Crippen molar-refractivity contribution in [2.45, 2.75) is 0 Å². The molecule has 0 radical (unpaired) electrons. The highest BCUT2D eigenvalue weighted by Gasteiger charge is 2.25. The van der Waals surface area contributed by atoms with Crippen LogP contribution in [0.2, 0.25) is 0 Å². The van der Waals surface area contributed by atoms with Crippen molar-refractivity contribution >= 4 is 59.7 Å². The van der Waals surface area contributed by atoms with Crippen molar-refractivity contribution < 1.29 is 9.00 Å². The Kier molecular flexibility index (Phi) is 3.83. The van der Waals surface area contributed by atoms with Crippen LogP contribution in [0.1, 0.15) is 9.67 Å². The van der Waals surface area contributed by atoms with Crippen LogP contribution in [0.15, 0.2) is 22.7 Å². The minimum absolute atomic E-state index is 0.0488. The molecule has 2 heterocycles. The summed E-state index contributed by atoms with van der Waals surface area (Å²) < 4.78 is 13.3. The van der Waals surface area contributed by atoms with Crippen LogP contribution in [0.4, 0.5) is 5.69 Å². The molecule has 0 saturated carbocycles. The number of halogens is 1. The summed E-state index contributed by atoms with van der Waals surface area (Å²) in [5, 5.41) is 0.904. The lowest BCUT2D eigenvalue weighted by Gasteiger charge is -2.26. The number of anilines is 1. The van der Waals surface area contributed by atoms with Gasteiger partial charge in [-0.15, -0.1) is 11.3 Å². The van der Waals surface area contributed by atoms with E-state index < -0.39 is 10.8 Å². The summed E-state index contributed by atoms with van der Waals surface area (Å²) in [5.41, 5.74) is 6.68. The molecular weight excluding hydrogens is 360 g/mol. The third kappa shape index (κ3) is 2.38. The van der Waals surface area contributed by atoms with E-state index in [1.54, 1.807) is 4.90 Å². The van der Waals surface area contributed by atoms with Crippen molar-refractivity contribution in [2.24, 2.45) is 0 Å². The molecule has 7 heteroatoms. The highest BCUT2D eigenvalue weighted by Crippen LogP contribution is 2.38. The number of hydrogen-bond donors (Lipinski definition) is 1. The maximum Gasteiger partial charge on any atom is 0.266 e. The smallest absolute Gasteiger partial charge is 0.266 e. The van der Waals surface area contributed by atoms with E-state index in [2.05, 4.69) is 15.9 Å². The zero-order chi connectivity index (χ0) is 14.3. The molecular formula is C13H13BrN2O2S2. The van der Waals surface area contributed by atoms with Crippen LogP contribution in [-0.4, -0.2) is 39.6 Å². The van der Waals surface area contributed by atoms with E-state index >= 15 is 0 Å². The van der Waals surface area contributed by atoms with Crippen molar-refractivity contribution in [3.05, 3.63) is 27.5 Å². The maximum absolute atomic E-state index is 12.6. The first-order valence-corrected chi connectivity index (χ1v) is 9.28. The SMILES string of the molecule is Nc1c(C(=O)N2CCS(=O)CC2)sc2cccc(Br)c12. The number of benzene rings is 1. The van der Waals surface area contributed by atoms with Crippen molar-refractivity contribution in [3.8, 4) is 0 Å². The number of amides is 1. The average molecular weight is 373 g/mol. The monoisotopic (exact) mass is 372 g/mol. The van der Waals surface area contributed by atoms with Gasteiger partial charge in [-0.1, -0.05) is 22.0 Å². The van der Waals surface area contributed by atoms with Crippen LogP contribution in [0.25, 0.3) is 10.1 Å². The summed E-state index contributed by atoms with van der Waals surface area (Å²) in [7, 11) is -0.787. The van der Waals surface area contributed by atoms with Crippen molar-refractivity contribution in [3.63, 3.8) is 0 Å². The summed E-state index contributed by atoms with van der Waals surface area (Å²) in [6.07, 6.45) is 0. The summed E-state index contributed by atoms with van der Waals surface area (Å²) in [6.45, 7) is 1.08. The van der Waals surface area contributed by atoms with Gasteiger partial charge in [0, 0.05) is 50.0 Å². The van der Waals surface area contributed by atoms with E-state index in [0.717, 1.165) is 14.6 Å². The standard InChI is InChI=1S/C13H13BrN2O2S2/c14-8-2-1-3-9-10(8)11(15)12(19-9)13(17)16-4-6-20(18)7-5-16/h1-3H,4-7,15H2. The molecule has 1 aliphatic rings. The van der Waals surface area contributed by atoms with Crippen LogP contribution in [0, 0.1) is 0 Å². The lowest BCUT2D eigenvalue weighted by Crippen LogP contribution is -2.41. The van der Waals surface area contributed by atoms with Crippen LogP contribution in [0.3, 0.4) is 0 Å². The maximum atomic E-state index is 12.6. The van der Waals surface area contributed by atoms with Gasteiger partial charge in [0.1, 0.15) is 4.88 Å². The minimum Gasteiger partial charge on any atom is -0.397 e. The molecule has 1 aliphatic heterocycles. The normalized spacial score (nSPS) is 16.8. The Morgan fingerprint density at radius 1 is 1.35 bits per heavy atom. The first-order valence-electron chi connectivity index (χ1n) is 6.18. The summed E-state index contributed by atoms with van der Waals surface area (Å²) >= 11 is 4.89. The van der Waals surface area contributed by atoms with Gasteiger partial charge < -0.3 is 10.6 Å².